The third-order valence-electron chi connectivity index (χ3n) is 3.89. The van der Waals surface area contributed by atoms with Gasteiger partial charge < -0.3 is 15.4 Å². The van der Waals surface area contributed by atoms with Crippen LogP contribution in [0.15, 0.2) is 48.5 Å². The van der Waals surface area contributed by atoms with E-state index in [1.54, 1.807) is 7.11 Å². The first kappa shape index (κ1) is 14.4. The third kappa shape index (κ3) is 3.39. The Morgan fingerprint density at radius 2 is 2.14 bits per heavy atom. The highest BCUT2D eigenvalue weighted by Crippen LogP contribution is 2.21. The predicted molar refractivity (Wildman–Crippen MR) is 87.3 cm³/mol. The van der Waals surface area contributed by atoms with Crippen molar-refractivity contribution in [3.05, 3.63) is 59.7 Å². The van der Waals surface area contributed by atoms with Gasteiger partial charge in [0.05, 0.1) is 19.6 Å². The maximum Gasteiger partial charge on any atom is 0.224 e. The molecule has 1 atom stereocenters. The number of carbonyl (C=O) groups is 1. The molecular formula is C18H20N2O2. The van der Waals surface area contributed by atoms with Crippen LogP contribution in [0, 0.1) is 0 Å². The van der Waals surface area contributed by atoms with E-state index in [0.717, 1.165) is 24.3 Å². The van der Waals surface area contributed by atoms with Crippen LogP contribution in [0.1, 0.15) is 11.1 Å². The molecule has 1 aliphatic heterocycles. The van der Waals surface area contributed by atoms with Gasteiger partial charge in [-0.1, -0.05) is 30.3 Å². The Hall–Kier alpha value is -2.49. The van der Waals surface area contributed by atoms with Gasteiger partial charge in [0, 0.05) is 12.2 Å². The number of amides is 1. The second-order valence-electron chi connectivity index (χ2n) is 5.53. The number of carbonyl (C=O) groups excluding carboxylic acids is 1. The van der Waals surface area contributed by atoms with E-state index in [9.17, 15) is 4.79 Å². The van der Waals surface area contributed by atoms with E-state index >= 15 is 0 Å². The lowest BCUT2D eigenvalue weighted by Crippen LogP contribution is -2.44. The fourth-order valence-electron chi connectivity index (χ4n) is 2.79. The van der Waals surface area contributed by atoms with E-state index in [-0.39, 0.29) is 11.9 Å². The highest BCUT2D eigenvalue weighted by Gasteiger charge is 2.19. The first-order valence-electron chi connectivity index (χ1n) is 7.48. The summed E-state index contributed by atoms with van der Waals surface area (Å²) < 4.78 is 5.18. The molecule has 0 fully saturated rings. The molecule has 4 nitrogen and oxygen atoms in total. The van der Waals surface area contributed by atoms with Gasteiger partial charge in [-0.3, -0.25) is 4.79 Å². The van der Waals surface area contributed by atoms with Gasteiger partial charge in [0.25, 0.3) is 0 Å². The summed E-state index contributed by atoms with van der Waals surface area (Å²) in [6.45, 7) is 0.765. The average molecular weight is 296 g/mol. The van der Waals surface area contributed by atoms with E-state index in [1.165, 1.54) is 11.3 Å². The third-order valence-corrected chi connectivity index (χ3v) is 3.89. The van der Waals surface area contributed by atoms with Crippen molar-refractivity contribution in [2.24, 2.45) is 0 Å². The molecule has 0 saturated carbocycles. The molecule has 1 amide bonds. The number of nitrogens with one attached hydrogen (secondary N) is 2. The van der Waals surface area contributed by atoms with E-state index in [2.05, 4.69) is 22.8 Å². The molecule has 0 aromatic heterocycles. The molecule has 114 valence electrons. The van der Waals surface area contributed by atoms with Gasteiger partial charge in [-0.05, 0) is 35.7 Å². The van der Waals surface area contributed by atoms with Gasteiger partial charge in [-0.2, -0.15) is 0 Å². The Morgan fingerprint density at radius 1 is 1.27 bits per heavy atom. The van der Waals surface area contributed by atoms with Crippen LogP contribution in [0.25, 0.3) is 0 Å². The standard InChI is InChI=1S/C18H20N2O2/c1-22-16-7-4-5-13(9-16)10-18(21)20-15-11-14-6-2-3-8-17(14)19-12-15/h2-9,15,19H,10-12H2,1H3,(H,20,21). The summed E-state index contributed by atoms with van der Waals surface area (Å²) in [7, 11) is 1.63. The number of fused-ring (bicyclic) bond motifs is 1. The van der Waals surface area contributed by atoms with Crippen molar-refractivity contribution >= 4 is 11.6 Å². The second-order valence-corrected chi connectivity index (χ2v) is 5.53. The van der Waals surface area contributed by atoms with E-state index in [1.807, 2.05) is 36.4 Å². The molecule has 4 heteroatoms. The van der Waals surface area contributed by atoms with Gasteiger partial charge in [0.1, 0.15) is 5.75 Å². The fourth-order valence-corrected chi connectivity index (χ4v) is 2.79. The minimum absolute atomic E-state index is 0.0411. The maximum atomic E-state index is 12.2. The smallest absolute Gasteiger partial charge is 0.224 e. The molecule has 2 aromatic rings. The first-order chi connectivity index (χ1) is 10.7. The molecule has 1 heterocycles. The Bertz CT molecular complexity index is 670. The van der Waals surface area contributed by atoms with Crippen molar-refractivity contribution < 1.29 is 9.53 Å². The zero-order chi connectivity index (χ0) is 15.4. The number of benzene rings is 2. The minimum atomic E-state index is 0.0411. The zero-order valence-corrected chi connectivity index (χ0v) is 12.6. The largest absolute Gasteiger partial charge is 0.497 e. The van der Waals surface area contributed by atoms with Crippen molar-refractivity contribution in [3.8, 4) is 5.75 Å². The maximum absolute atomic E-state index is 12.2. The van der Waals surface area contributed by atoms with Crippen molar-refractivity contribution in [1.82, 2.24) is 5.32 Å². The normalized spacial score (nSPS) is 16.3. The average Bonchev–Trinajstić information content (AvgIpc) is 2.55. The number of ether oxygens (including phenoxy) is 1. The van der Waals surface area contributed by atoms with Gasteiger partial charge in [-0.25, -0.2) is 0 Å². The monoisotopic (exact) mass is 296 g/mol. The highest BCUT2D eigenvalue weighted by molar-refractivity contribution is 5.79. The van der Waals surface area contributed by atoms with Crippen LogP contribution < -0.4 is 15.4 Å². The molecule has 0 spiro atoms. The fraction of sp³-hybridized carbons (Fsp3) is 0.278. The van der Waals surface area contributed by atoms with Gasteiger partial charge in [0.2, 0.25) is 5.91 Å². The topological polar surface area (TPSA) is 50.4 Å². The molecule has 0 saturated heterocycles. The Labute approximate surface area is 130 Å². The summed E-state index contributed by atoms with van der Waals surface area (Å²) in [5, 5.41) is 6.47. The lowest BCUT2D eigenvalue weighted by Gasteiger charge is -2.27. The van der Waals surface area contributed by atoms with Crippen LogP contribution in [0.5, 0.6) is 5.75 Å². The second kappa shape index (κ2) is 6.52. The lowest BCUT2D eigenvalue weighted by atomic mass is 9.99. The summed E-state index contributed by atoms with van der Waals surface area (Å²) in [6, 6.07) is 16.0. The quantitative estimate of drug-likeness (QED) is 0.911. The van der Waals surface area contributed by atoms with Crippen molar-refractivity contribution in [2.75, 3.05) is 19.0 Å². The summed E-state index contributed by atoms with van der Waals surface area (Å²) in [5.74, 6) is 0.818. The number of hydrogen-bond acceptors (Lipinski definition) is 3. The van der Waals surface area contributed by atoms with Crippen LogP contribution in [0.3, 0.4) is 0 Å². The van der Waals surface area contributed by atoms with Crippen molar-refractivity contribution in [2.45, 2.75) is 18.9 Å². The summed E-state index contributed by atoms with van der Waals surface area (Å²) >= 11 is 0. The Kier molecular flexibility index (Phi) is 4.28. The predicted octanol–water partition coefficient (Wildman–Crippen LogP) is 2.39. The summed E-state index contributed by atoms with van der Waals surface area (Å²) in [4.78, 5) is 12.2. The van der Waals surface area contributed by atoms with E-state index < -0.39 is 0 Å². The van der Waals surface area contributed by atoms with Crippen molar-refractivity contribution in [3.63, 3.8) is 0 Å². The lowest BCUT2D eigenvalue weighted by molar-refractivity contribution is -0.121. The van der Waals surface area contributed by atoms with Crippen LogP contribution in [0.2, 0.25) is 0 Å². The first-order valence-corrected chi connectivity index (χ1v) is 7.48. The van der Waals surface area contributed by atoms with Gasteiger partial charge in [0.15, 0.2) is 0 Å². The number of para-hydroxylation sites is 1. The molecule has 22 heavy (non-hydrogen) atoms. The van der Waals surface area contributed by atoms with E-state index in [0.29, 0.717) is 6.42 Å². The summed E-state index contributed by atoms with van der Waals surface area (Å²) in [5.41, 5.74) is 3.38. The van der Waals surface area contributed by atoms with Crippen LogP contribution in [0.4, 0.5) is 5.69 Å². The molecule has 1 aliphatic rings. The molecule has 1 unspecified atom stereocenters. The van der Waals surface area contributed by atoms with Crippen LogP contribution in [-0.4, -0.2) is 25.6 Å². The Balaban J connectivity index is 1.58. The molecule has 0 radical (unpaired) electrons. The number of anilines is 1. The SMILES string of the molecule is COc1cccc(CC(=O)NC2CNc3ccccc3C2)c1. The zero-order valence-electron chi connectivity index (χ0n) is 12.6. The molecule has 0 bridgehead atoms. The van der Waals surface area contributed by atoms with Crippen molar-refractivity contribution in [1.29, 1.82) is 0 Å². The van der Waals surface area contributed by atoms with Gasteiger partial charge >= 0.3 is 0 Å². The Morgan fingerprint density at radius 3 is 3.00 bits per heavy atom. The highest BCUT2D eigenvalue weighted by atomic mass is 16.5. The molecular weight excluding hydrogens is 276 g/mol. The molecule has 0 aliphatic carbocycles. The number of hydrogen-bond donors (Lipinski definition) is 2. The molecule has 2 N–H and O–H groups in total. The van der Waals surface area contributed by atoms with Crippen LogP contribution in [-0.2, 0) is 17.6 Å². The van der Waals surface area contributed by atoms with Gasteiger partial charge in [-0.15, -0.1) is 0 Å². The minimum Gasteiger partial charge on any atom is -0.497 e. The van der Waals surface area contributed by atoms with E-state index in [4.69, 9.17) is 4.74 Å². The summed E-state index contributed by atoms with van der Waals surface area (Å²) in [6.07, 6.45) is 1.24. The molecule has 3 rings (SSSR count). The molecule has 2 aromatic carbocycles. The number of rotatable bonds is 4. The number of methoxy groups -OCH3 is 1. The van der Waals surface area contributed by atoms with Crippen LogP contribution >= 0.6 is 0 Å².